The molecule has 11 heteroatoms. The van der Waals surface area contributed by atoms with Crippen LogP contribution < -0.4 is 9.64 Å². The average molecular weight is 557 g/mol. The number of hydrogen-bond donors (Lipinski definition) is 0. The van der Waals surface area contributed by atoms with E-state index in [0.717, 1.165) is 11.0 Å². The number of benzene rings is 2. The average Bonchev–Trinajstić information content (AvgIpc) is 3.07. The van der Waals surface area contributed by atoms with Gasteiger partial charge in [-0.2, -0.15) is 13.2 Å². The minimum absolute atomic E-state index is 0.0140. The number of alkyl halides is 3. The van der Waals surface area contributed by atoms with E-state index in [9.17, 15) is 22.8 Å². The number of imide groups is 1. The molecule has 0 saturated carbocycles. The van der Waals surface area contributed by atoms with Crippen LogP contribution in [0, 0.1) is 13.5 Å². The minimum atomic E-state index is -4.60. The van der Waals surface area contributed by atoms with E-state index >= 15 is 0 Å². The minimum Gasteiger partial charge on any atom is -0.494 e. The summed E-state index contributed by atoms with van der Waals surface area (Å²) in [6, 6.07) is 9.17. The number of aromatic nitrogens is 1. The van der Waals surface area contributed by atoms with E-state index < -0.39 is 29.2 Å². The quantitative estimate of drug-likeness (QED) is 0.174. The maximum absolute atomic E-state index is 13.8. The highest BCUT2D eigenvalue weighted by atomic mass is 35.5. The molecule has 2 aromatic carbocycles. The lowest BCUT2D eigenvalue weighted by atomic mass is 10.00. The Morgan fingerprint density at radius 1 is 1.10 bits per heavy atom. The second-order valence-electron chi connectivity index (χ2n) is 9.43. The highest BCUT2D eigenvalue weighted by Crippen LogP contribution is 2.40. The van der Waals surface area contributed by atoms with Crippen molar-refractivity contribution in [3.05, 3.63) is 82.4 Å². The Labute approximate surface area is 228 Å². The summed E-state index contributed by atoms with van der Waals surface area (Å²) in [6.45, 7) is 12.2. The van der Waals surface area contributed by atoms with E-state index in [2.05, 4.69) is 9.83 Å². The molecule has 4 rings (SSSR count). The van der Waals surface area contributed by atoms with Crippen molar-refractivity contribution in [1.82, 2.24) is 9.88 Å². The largest absolute Gasteiger partial charge is 0.494 e. The van der Waals surface area contributed by atoms with Gasteiger partial charge in [0, 0.05) is 18.9 Å². The first-order valence-corrected chi connectivity index (χ1v) is 12.3. The summed E-state index contributed by atoms with van der Waals surface area (Å²) in [5, 5.41) is 0.168. The Kier molecular flexibility index (Phi) is 7.57. The maximum atomic E-state index is 13.8. The zero-order valence-electron chi connectivity index (χ0n) is 21.3. The van der Waals surface area contributed by atoms with Gasteiger partial charge in [-0.3, -0.25) is 9.78 Å². The zero-order valence-corrected chi connectivity index (χ0v) is 22.1. The lowest BCUT2D eigenvalue weighted by Crippen LogP contribution is -2.44. The fourth-order valence-corrected chi connectivity index (χ4v) is 4.66. The Bertz CT molecular complexity index is 1470. The van der Waals surface area contributed by atoms with E-state index in [-0.39, 0.29) is 41.6 Å². The lowest BCUT2D eigenvalue weighted by Gasteiger charge is -2.27. The Morgan fingerprint density at radius 2 is 1.79 bits per heavy atom. The highest BCUT2D eigenvalue weighted by Gasteiger charge is 2.52. The van der Waals surface area contributed by atoms with Crippen LogP contribution in [0.5, 0.6) is 5.75 Å². The summed E-state index contributed by atoms with van der Waals surface area (Å²) in [5.41, 5.74) is -0.668. The Balaban J connectivity index is 1.47. The molecular formula is C28H24ClF3N4O3. The molecule has 2 heterocycles. The van der Waals surface area contributed by atoms with Crippen molar-refractivity contribution in [2.75, 3.05) is 18.1 Å². The molecule has 0 atom stereocenters. The van der Waals surface area contributed by atoms with Crippen LogP contribution in [0.15, 0.2) is 54.9 Å². The Morgan fingerprint density at radius 3 is 2.44 bits per heavy atom. The summed E-state index contributed by atoms with van der Waals surface area (Å²) in [5.74, 6) is -0.417. The lowest BCUT2D eigenvalue weighted by molar-refractivity contribution is -0.137. The fourth-order valence-electron chi connectivity index (χ4n) is 4.46. The van der Waals surface area contributed by atoms with Gasteiger partial charge in [-0.25, -0.2) is 14.5 Å². The number of anilines is 1. The van der Waals surface area contributed by atoms with Crippen LogP contribution in [-0.4, -0.2) is 40.5 Å². The van der Waals surface area contributed by atoms with Crippen molar-refractivity contribution in [1.29, 1.82) is 0 Å². The number of rotatable bonds is 7. The molecule has 3 aromatic rings. The summed E-state index contributed by atoms with van der Waals surface area (Å²) >= 11 is 6.26. The maximum Gasteiger partial charge on any atom is 0.417 e. The molecule has 3 amide bonds. The van der Waals surface area contributed by atoms with Crippen molar-refractivity contribution in [3.63, 3.8) is 0 Å². The molecule has 0 radical (unpaired) electrons. The standard InChI is InChI=1S/C28H24ClF3N4O3/c1-17-23(9-8-22(33-4)24(17)29)36-25(37)27(2,3)35(26(36)38)14-5-15-39-19-6-7-20(18-10-12-34-13-11-18)21(16-19)28(30,31)32/h6-13,16H,5,14-15H2,1-3H3. The van der Waals surface area contributed by atoms with Gasteiger partial charge in [0.25, 0.3) is 5.91 Å². The van der Waals surface area contributed by atoms with Crippen LogP contribution in [0.2, 0.25) is 5.02 Å². The van der Waals surface area contributed by atoms with Crippen molar-refractivity contribution in [2.45, 2.75) is 38.9 Å². The molecule has 0 aliphatic carbocycles. The molecule has 0 N–H and O–H groups in total. The van der Waals surface area contributed by atoms with E-state index in [0.29, 0.717) is 16.8 Å². The number of pyridine rings is 1. The van der Waals surface area contributed by atoms with Gasteiger partial charge in [0.1, 0.15) is 11.3 Å². The second kappa shape index (κ2) is 10.6. The first-order valence-electron chi connectivity index (χ1n) is 11.9. The molecule has 1 saturated heterocycles. The number of amides is 3. The smallest absolute Gasteiger partial charge is 0.417 e. The first kappa shape index (κ1) is 27.9. The topological polar surface area (TPSA) is 67.1 Å². The number of hydrogen-bond acceptors (Lipinski definition) is 4. The zero-order chi connectivity index (χ0) is 28.5. The third-order valence-electron chi connectivity index (χ3n) is 6.60. The van der Waals surface area contributed by atoms with Crippen LogP contribution in [0.3, 0.4) is 0 Å². The first-order chi connectivity index (χ1) is 18.4. The van der Waals surface area contributed by atoms with E-state index in [1.165, 1.54) is 53.7 Å². The van der Waals surface area contributed by atoms with E-state index in [4.69, 9.17) is 22.9 Å². The number of urea groups is 1. The van der Waals surface area contributed by atoms with Crippen molar-refractivity contribution in [2.24, 2.45) is 0 Å². The van der Waals surface area contributed by atoms with Gasteiger partial charge in [-0.15, -0.1) is 0 Å². The number of halogens is 4. The van der Waals surface area contributed by atoms with Gasteiger partial charge in [0.05, 0.1) is 29.5 Å². The van der Waals surface area contributed by atoms with Gasteiger partial charge in [-0.1, -0.05) is 23.7 Å². The molecule has 0 unspecified atom stereocenters. The van der Waals surface area contributed by atoms with Crippen LogP contribution in [0.4, 0.5) is 29.3 Å². The van der Waals surface area contributed by atoms with Gasteiger partial charge < -0.3 is 9.64 Å². The van der Waals surface area contributed by atoms with Gasteiger partial charge >= 0.3 is 12.2 Å². The van der Waals surface area contributed by atoms with E-state index in [1.807, 2.05) is 0 Å². The predicted molar refractivity (Wildman–Crippen MR) is 141 cm³/mol. The number of carbonyl (C=O) groups is 2. The molecule has 1 fully saturated rings. The summed E-state index contributed by atoms with van der Waals surface area (Å²) in [6.07, 6.45) is -1.49. The SMILES string of the molecule is [C-]#[N+]c1ccc(N2C(=O)N(CCCOc3ccc(-c4ccncc4)c(C(F)(F)F)c3)C(C)(C)C2=O)c(C)c1Cl. The molecule has 0 spiro atoms. The molecule has 0 bridgehead atoms. The monoisotopic (exact) mass is 556 g/mol. The van der Waals surface area contributed by atoms with Crippen molar-refractivity contribution in [3.8, 4) is 16.9 Å². The van der Waals surface area contributed by atoms with Crippen LogP contribution >= 0.6 is 11.6 Å². The molecular weight excluding hydrogens is 533 g/mol. The normalized spacial score (nSPS) is 15.0. The van der Waals surface area contributed by atoms with Crippen LogP contribution in [0.1, 0.15) is 31.4 Å². The molecule has 1 aliphatic rings. The second-order valence-corrected chi connectivity index (χ2v) is 9.81. The Hall–Kier alpha value is -4.10. The predicted octanol–water partition coefficient (Wildman–Crippen LogP) is 7.30. The van der Waals surface area contributed by atoms with Gasteiger partial charge in [-0.05, 0) is 74.2 Å². The fraction of sp³-hybridized carbons (Fsp3) is 0.286. The van der Waals surface area contributed by atoms with E-state index in [1.54, 1.807) is 20.8 Å². The molecule has 39 heavy (non-hydrogen) atoms. The third kappa shape index (κ3) is 5.27. The van der Waals surface area contributed by atoms with Crippen LogP contribution in [0.25, 0.3) is 16.0 Å². The summed E-state index contributed by atoms with van der Waals surface area (Å²) in [4.78, 5) is 36.1. The molecule has 202 valence electrons. The molecule has 1 aromatic heterocycles. The summed E-state index contributed by atoms with van der Waals surface area (Å²) < 4.78 is 46.9. The highest BCUT2D eigenvalue weighted by molar-refractivity contribution is 6.35. The number of carbonyl (C=O) groups excluding carboxylic acids is 2. The summed E-state index contributed by atoms with van der Waals surface area (Å²) in [7, 11) is 0. The number of ether oxygens (including phenoxy) is 1. The van der Waals surface area contributed by atoms with Crippen LogP contribution in [-0.2, 0) is 11.0 Å². The van der Waals surface area contributed by atoms with Crippen molar-refractivity contribution < 1.29 is 27.5 Å². The van der Waals surface area contributed by atoms with Gasteiger partial charge in [0.15, 0.2) is 0 Å². The van der Waals surface area contributed by atoms with Gasteiger partial charge in [0.2, 0.25) is 5.69 Å². The third-order valence-corrected chi connectivity index (χ3v) is 7.08. The van der Waals surface area contributed by atoms with Crippen molar-refractivity contribution >= 4 is 34.9 Å². The molecule has 1 aliphatic heterocycles. The number of nitrogens with zero attached hydrogens (tertiary/aromatic N) is 4. The molecule has 7 nitrogen and oxygen atoms in total.